The number of aryl methyl sites for hydroxylation is 1. The average Bonchev–Trinajstić information content (AvgIpc) is 3.42. The summed E-state index contributed by atoms with van der Waals surface area (Å²) in [6.07, 6.45) is 2.88. The fourth-order valence-electron chi connectivity index (χ4n) is 4.12. The van der Waals surface area contributed by atoms with Crippen LogP contribution in [0.1, 0.15) is 35.0 Å². The van der Waals surface area contributed by atoms with Gasteiger partial charge in [-0.25, -0.2) is 9.59 Å². The molecule has 8 nitrogen and oxygen atoms in total. The normalized spacial score (nSPS) is 15.7. The SMILES string of the molecule is CCc1c(C(=O)N[C@@H]2CCN(Cc3ccccc3)C2)[nH]c2ccc(Cl)cc12.O=C(O)/C=C/C(=O)O. The number of carbonyl (C=O) groups excluding carboxylic acids is 1. The van der Waals surface area contributed by atoms with Gasteiger partial charge in [-0.3, -0.25) is 9.69 Å². The molecule has 0 unspecified atom stereocenters. The Morgan fingerprint density at radius 1 is 1.11 bits per heavy atom. The number of fused-ring (bicyclic) bond motifs is 1. The van der Waals surface area contributed by atoms with Crippen LogP contribution in [0, 0.1) is 0 Å². The summed E-state index contributed by atoms with van der Waals surface area (Å²) in [5, 5.41) is 20.6. The molecular weight excluding hydrogens is 470 g/mol. The Labute approximate surface area is 208 Å². The molecule has 1 aliphatic rings. The van der Waals surface area contributed by atoms with Crippen LogP contribution in [-0.4, -0.2) is 57.1 Å². The van der Waals surface area contributed by atoms with E-state index in [1.807, 2.05) is 24.3 Å². The summed E-state index contributed by atoms with van der Waals surface area (Å²) in [6.45, 7) is 4.88. The summed E-state index contributed by atoms with van der Waals surface area (Å²) >= 11 is 6.14. The topological polar surface area (TPSA) is 123 Å². The van der Waals surface area contributed by atoms with E-state index in [4.69, 9.17) is 21.8 Å². The monoisotopic (exact) mass is 497 g/mol. The van der Waals surface area contributed by atoms with Crippen LogP contribution < -0.4 is 5.32 Å². The van der Waals surface area contributed by atoms with Gasteiger partial charge in [0.15, 0.2) is 0 Å². The van der Waals surface area contributed by atoms with Crippen LogP contribution in [0.5, 0.6) is 0 Å². The number of halogens is 1. The molecule has 2 aromatic carbocycles. The minimum absolute atomic E-state index is 0.0225. The lowest BCUT2D eigenvalue weighted by molar-refractivity contribution is -0.134. The fraction of sp³-hybridized carbons (Fsp3) is 0.269. The van der Waals surface area contributed by atoms with Crippen molar-refractivity contribution in [1.29, 1.82) is 0 Å². The molecule has 0 bridgehead atoms. The van der Waals surface area contributed by atoms with Gasteiger partial charge in [-0.1, -0.05) is 48.9 Å². The Bertz CT molecular complexity index is 1210. The van der Waals surface area contributed by atoms with Gasteiger partial charge in [-0.2, -0.15) is 0 Å². The predicted octanol–water partition coefficient (Wildman–Crippen LogP) is 4.10. The van der Waals surface area contributed by atoms with Gasteiger partial charge >= 0.3 is 11.9 Å². The average molecular weight is 498 g/mol. The van der Waals surface area contributed by atoms with E-state index in [0.717, 1.165) is 48.9 Å². The highest BCUT2D eigenvalue weighted by Crippen LogP contribution is 2.26. The highest BCUT2D eigenvalue weighted by molar-refractivity contribution is 6.31. The Morgan fingerprint density at radius 2 is 1.80 bits per heavy atom. The lowest BCUT2D eigenvalue weighted by Crippen LogP contribution is -2.37. The second kappa shape index (κ2) is 12.2. The third-order valence-corrected chi connectivity index (χ3v) is 5.91. The maximum atomic E-state index is 12.9. The van der Waals surface area contributed by atoms with Crippen molar-refractivity contribution in [2.75, 3.05) is 13.1 Å². The summed E-state index contributed by atoms with van der Waals surface area (Å²) in [5.74, 6) is -2.54. The lowest BCUT2D eigenvalue weighted by Gasteiger charge is -2.17. The summed E-state index contributed by atoms with van der Waals surface area (Å²) in [7, 11) is 0. The summed E-state index contributed by atoms with van der Waals surface area (Å²) < 4.78 is 0. The van der Waals surface area contributed by atoms with E-state index in [1.165, 1.54) is 5.56 Å². The predicted molar refractivity (Wildman–Crippen MR) is 135 cm³/mol. The molecule has 0 radical (unpaired) electrons. The van der Waals surface area contributed by atoms with Crippen molar-refractivity contribution in [1.82, 2.24) is 15.2 Å². The fourth-order valence-corrected chi connectivity index (χ4v) is 4.29. The zero-order chi connectivity index (χ0) is 25.4. The number of nitrogens with zero attached hydrogens (tertiary/aromatic N) is 1. The molecule has 1 atom stereocenters. The molecule has 1 fully saturated rings. The molecule has 184 valence electrons. The van der Waals surface area contributed by atoms with Gasteiger partial charge in [-0.05, 0) is 42.2 Å². The van der Waals surface area contributed by atoms with Crippen molar-refractivity contribution in [3.8, 4) is 0 Å². The van der Waals surface area contributed by atoms with Crippen LogP contribution in [0.25, 0.3) is 10.9 Å². The minimum atomic E-state index is -1.26. The maximum Gasteiger partial charge on any atom is 0.328 e. The van der Waals surface area contributed by atoms with E-state index >= 15 is 0 Å². The minimum Gasteiger partial charge on any atom is -0.478 e. The first-order chi connectivity index (χ1) is 16.8. The van der Waals surface area contributed by atoms with Gasteiger partial charge < -0.3 is 20.5 Å². The number of benzene rings is 2. The van der Waals surface area contributed by atoms with Gasteiger partial charge in [0.1, 0.15) is 5.69 Å². The number of carboxylic acids is 2. The van der Waals surface area contributed by atoms with Crippen LogP contribution in [0.15, 0.2) is 60.7 Å². The first-order valence-electron chi connectivity index (χ1n) is 11.3. The molecule has 0 spiro atoms. The van der Waals surface area contributed by atoms with Crippen LogP contribution in [-0.2, 0) is 22.6 Å². The number of hydrogen-bond donors (Lipinski definition) is 4. The van der Waals surface area contributed by atoms with Crippen molar-refractivity contribution in [3.05, 3.63) is 82.5 Å². The van der Waals surface area contributed by atoms with Crippen molar-refractivity contribution >= 4 is 40.3 Å². The number of H-pyrrole nitrogens is 1. The van der Waals surface area contributed by atoms with Gasteiger partial charge in [0.05, 0.1) is 0 Å². The molecule has 1 amide bonds. The summed E-state index contributed by atoms with van der Waals surface area (Å²) in [5.41, 5.74) is 3.96. The molecule has 3 aromatic rings. The lowest BCUT2D eigenvalue weighted by atomic mass is 10.1. The molecular formula is C26H28ClN3O5. The van der Waals surface area contributed by atoms with E-state index in [0.29, 0.717) is 22.9 Å². The Kier molecular flexibility index (Phi) is 9.05. The molecule has 9 heteroatoms. The largest absolute Gasteiger partial charge is 0.478 e. The second-order valence-corrected chi connectivity index (χ2v) is 8.65. The summed E-state index contributed by atoms with van der Waals surface area (Å²) in [6, 6.07) is 16.4. The van der Waals surface area contributed by atoms with Crippen molar-refractivity contribution in [3.63, 3.8) is 0 Å². The van der Waals surface area contributed by atoms with Gasteiger partial charge in [-0.15, -0.1) is 0 Å². The smallest absolute Gasteiger partial charge is 0.328 e. The number of likely N-dealkylation sites (tertiary alicyclic amines) is 1. The number of aromatic nitrogens is 1. The Balaban J connectivity index is 0.000000371. The van der Waals surface area contributed by atoms with Crippen molar-refractivity contribution in [2.24, 2.45) is 0 Å². The first-order valence-corrected chi connectivity index (χ1v) is 11.7. The zero-order valence-corrected chi connectivity index (χ0v) is 20.1. The number of aromatic amines is 1. The third-order valence-electron chi connectivity index (χ3n) is 5.67. The Hall–Kier alpha value is -3.62. The number of rotatable bonds is 7. The van der Waals surface area contributed by atoms with Crippen LogP contribution in [0.3, 0.4) is 0 Å². The van der Waals surface area contributed by atoms with E-state index in [9.17, 15) is 14.4 Å². The quantitative estimate of drug-likeness (QED) is 0.364. The molecule has 35 heavy (non-hydrogen) atoms. The van der Waals surface area contributed by atoms with Crippen LogP contribution in [0.2, 0.25) is 5.02 Å². The highest BCUT2D eigenvalue weighted by Gasteiger charge is 2.26. The van der Waals surface area contributed by atoms with E-state index in [2.05, 4.69) is 46.4 Å². The third kappa shape index (κ3) is 7.43. The van der Waals surface area contributed by atoms with Crippen molar-refractivity contribution in [2.45, 2.75) is 32.4 Å². The molecule has 1 aromatic heterocycles. The number of aliphatic carboxylic acids is 2. The molecule has 4 rings (SSSR count). The second-order valence-electron chi connectivity index (χ2n) is 8.21. The summed E-state index contributed by atoms with van der Waals surface area (Å²) in [4.78, 5) is 37.7. The molecule has 1 aliphatic heterocycles. The zero-order valence-electron chi connectivity index (χ0n) is 19.3. The maximum absolute atomic E-state index is 12.9. The molecule has 2 heterocycles. The Morgan fingerprint density at radius 3 is 2.43 bits per heavy atom. The van der Waals surface area contributed by atoms with Crippen LogP contribution in [0.4, 0.5) is 0 Å². The number of amides is 1. The van der Waals surface area contributed by atoms with Crippen LogP contribution >= 0.6 is 11.6 Å². The van der Waals surface area contributed by atoms with Gasteiger partial charge in [0.2, 0.25) is 0 Å². The number of carboxylic acid groups (broad SMARTS) is 2. The van der Waals surface area contributed by atoms with E-state index in [-0.39, 0.29) is 11.9 Å². The molecule has 4 N–H and O–H groups in total. The van der Waals surface area contributed by atoms with E-state index in [1.54, 1.807) is 0 Å². The number of hydrogen-bond acceptors (Lipinski definition) is 4. The first kappa shape index (κ1) is 26.0. The number of nitrogens with one attached hydrogen (secondary N) is 2. The van der Waals surface area contributed by atoms with Gasteiger partial charge in [0, 0.05) is 53.8 Å². The van der Waals surface area contributed by atoms with E-state index < -0.39 is 11.9 Å². The standard InChI is InChI=1S/C22H24ClN3O.C4H4O4/c1-2-18-19-12-16(23)8-9-20(19)25-21(18)22(27)24-17-10-11-26(14-17)13-15-6-4-3-5-7-15;5-3(6)1-2-4(7)8/h3-9,12,17,25H,2,10-11,13-14H2,1H3,(H,24,27);1-2H,(H,5,6)(H,7,8)/b;2-1+/t17-;/m1./s1. The molecule has 0 aliphatic carbocycles. The van der Waals surface area contributed by atoms with Gasteiger partial charge in [0.25, 0.3) is 5.91 Å². The highest BCUT2D eigenvalue weighted by atomic mass is 35.5. The van der Waals surface area contributed by atoms with Crippen molar-refractivity contribution < 1.29 is 24.6 Å². The molecule has 0 saturated carbocycles. The molecule has 1 saturated heterocycles. The number of carbonyl (C=O) groups is 3.